The van der Waals surface area contributed by atoms with Gasteiger partial charge in [0.1, 0.15) is 0 Å². The van der Waals surface area contributed by atoms with Crippen molar-refractivity contribution in [2.75, 3.05) is 19.6 Å². The molecular formula is C13H24N2O2S. The lowest BCUT2D eigenvalue weighted by molar-refractivity contribution is 0.141. The topological polar surface area (TPSA) is 49.4 Å². The molecule has 0 aromatic carbocycles. The Morgan fingerprint density at radius 3 is 2.44 bits per heavy atom. The summed E-state index contributed by atoms with van der Waals surface area (Å²) in [5.41, 5.74) is 0. The van der Waals surface area contributed by atoms with E-state index in [0.29, 0.717) is 0 Å². The van der Waals surface area contributed by atoms with Crippen molar-refractivity contribution in [2.45, 2.75) is 56.2 Å². The number of nitrogens with zero attached hydrogens (tertiary/aromatic N) is 1. The van der Waals surface area contributed by atoms with Gasteiger partial charge in [0.15, 0.2) is 0 Å². The fourth-order valence-electron chi connectivity index (χ4n) is 3.06. The van der Waals surface area contributed by atoms with Gasteiger partial charge in [-0.2, -0.15) is 0 Å². The first-order chi connectivity index (χ1) is 8.63. The van der Waals surface area contributed by atoms with Crippen molar-refractivity contribution in [3.05, 3.63) is 0 Å². The lowest BCUT2D eigenvalue weighted by atomic mass is 9.84. The van der Waals surface area contributed by atoms with Crippen LogP contribution in [-0.4, -0.2) is 44.2 Å². The largest absolute Gasteiger partial charge is 0.301 e. The van der Waals surface area contributed by atoms with E-state index in [1.807, 2.05) is 0 Å². The van der Waals surface area contributed by atoms with Crippen LogP contribution in [0.4, 0.5) is 0 Å². The molecule has 4 nitrogen and oxygen atoms in total. The zero-order valence-electron chi connectivity index (χ0n) is 11.0. The summed E-state index contributed by atoms with van der Waals surface area (Å²) in [6.45, 7) is 3.25. The van der Waals surface area contributed by atoms with Crippen LogP contribution in [0.15, 0.2) is 0 Å². The second kappa shape index (κ2) is 5.10. The fraction of sp³-hybridized carbons (Fsp3) is 1.00. The van der Waals surface area contributed by atoms with E-state index in [2.05, 4.69) is 9.62 Å². The summed E-state index contributed by atoms with van der Waals surface area (Å²) in [6.07, 6.45) is 7.97. The van der Waals surface area contributed by atoms with Crippen LogP contribution >= 0.6 is 0 Å². The van der Waals surface area contributed by atoms with E-state index < -0.39 is 10.0 Å². The summed E-state index contributed by atoms with van der Waals surface area (Å²) in [7, 11) is -3.01. The van der Waals surface area contributed by atoms with Crippen molar-refractivity contribution in [2.24, 2.45) is 5.92 Å². The van der Waals surface area contributed by atoms with Gasteiger partial charge >= 0.3 is 0 Å². The van der Waals surface area contributed by atoms with Gasteiger partial charge in [0.05, 0.1) is 5.25 Å². The minimum absolute atomic E-state index is 0.0838. The monoisotopic (exact) mass is 272 g/mol. The van der Waals surface area contributed by atoms with Crippen LogP contribution < -0.4 is 4.72 Å². The first-order valence-electron chi connectivity index (χ1n) is 7.37. The molecule has 3 fully saturated rings. The Hall–Kier alpha value is -0.130. The third-order valence-corrected chi connectivity index (χ3v) is 6.55. The van der Waals surface area contributed by atoms with Crippen LogP contribution in [0.2, 0.25) is 0 Å². The minimum Gasteiger partial charge on any atom is -0.301 e. The fourth-order valence-corrected chi connectivity index (χ4v) is 4.67. The van der Waals surface area contributed by atoms with Gasteiger partial charge in [-0.05, 0) is 51.0 Å². The standard InChI is InChI=1S/C13H24N2O2S/c16-18(17,13-6-7-13)14-12-5-2-8-15(10-12)9-11-3-1-4-11/h11-14H,1-10H2. The van der Waals surface area contributed by atoms with Gasteiger partial charge in [-0.1, -0.05) is 6.42 Å². The van der Waals surface area contributed by atoms with Gasteiger partial charge in [-0.15, -0.1) is 0 Å². The highest BCUT2D eigenvalue weighted by molar-refractivity contribution is 7.90. The first kappa shape index (κ1) is 12.9. The summed E-state index contributed by atoms with van der Waals surface area (Å²) < 4.78 is 26.8. The second-order valence-corrected chi connectivity index (χ2v) is 8.25. The van der Waals surface area contributed by atoms with Crippen molar-refractivity contribution in [1.29, 1.82) is 0 Å². The van der Waals surface area contributed by atoms with Crippen LogP contribution in [-0.2, 0) is 10.0 Å². The molecule has 104 valence electrons. The van der Waals surface area contributed by atoms with Gasteiger partial charge in [0.2, 0.25) is 10.0 Å². The lowest BCUT2D eigenvalue weighted by Crippen LogP contribution is -2.49. The predicted octanol–water partition coefficient (Wildman–Crippen LogP) is 1.33. The van der Waals surface area contributed by atoms with Crippen LogP contribution in [0.25, 0.3) is 0 Å². The molecule has 0 spiro atoms. The SMILES string of the molecule is O=S(=O)(NC1CCCN(CC2CCC2)C1)C1CC1. The number of rotatable bonds is 5. The van der Waals surface area contributed by atoms with Gasteiger partial charge in [0, 0.05) is 19.1 Å². The van der Waals surface area contributed by atoms with E-state index in [-0.39, 0.29) is 11.3 Å². The quantitative estimate of drug-likeness (QED) is 0.821. The molecule has 0 aromatic heterocycles. The normalized spacial score (nSPS) is 31.2. The van der Waals surface area contributed by atoms with E-state index in [4.69, 9.17) is 0 Å². The molecule has 0 amide bonds. The summed E-state index contributed by atoms with van der Waals surface area (Å²) in [6, 6.07) is 0.157. The zero-order chi connectivity index (χ0) is 12.6. The van der Waals surface area contributed by atoms with E-state index in [1.54, 1.807) is 0 Å². The molecule has 3 rings (SSSR count). The van der Waals surface area contributed by atoms with Crippen molar-refractivity contribution >= 4 is 10.0 Å². The Bertz CT molecular complexity index is 388. The number of hydrogen-bond donors (Lipinski definition) is 1. The van der Waals surface area contributed by atoms with Crippen LogP contribution in [0, 0.1) is 5.92 Å². The van der Waals surface area contributed by atoms with Crippen molar-refractivity contribution in [1.82, 2.24) is 9.62 Å². The molecule has 3 aliphatic rings. The molecule has 1 aliphatic heterocycles. The van der Waals surface area contributed by atoms with Crippen LogP contribution in [0.1, 0.15) is 44.9 Å². The maximum atomic E-state index is 11.9. The Morgan fingerprint density at radius 2 is 1.83 bits per heavy atom. The van der Waals surface area contributed by atoms with Gasteiger partial charge < -0.3 is 4.90 Å². The first-order valence-corrected chi connectivity index (χ1v) is 8.91. The minimum atomic E-state index is -3.01. The summed E-state index contributed by atoms with van der Waals surface area (Å²) in [5.74, 6) is 0.879. The number of sulfonamides is 1. The van der Waals surface area contributed by atoms with E-state index in [9.17, 15) is 8.42 Å². The molecule has 1 heterocycles. The molecule has 0 radical (unpaired) electrons. The molecule has 18 heavy (non-hydrogen) atoms. The van der Waals surface area contributed by atoms with Crippen LogP contribution in [0.5, 0.6) is 0 Å². The van der Waals surface area contributed by atoms with Gasteiger partial charge in [-0.3, -0.25) is 0 Å². The molecule has 1 saturated heterocycles. The average Bonchev–Trinajstić information content (AvgIpc) is 3.07. The third-order valence-electron chi connectivity index (χ3n) is 4.54. The predicted molar refractivity (Wildman–Crippen MR) is 71.9 cm³/mol. The molecule has 2 saturated carbocycles. The summed E-state index contributed by atoms with van der Waals surface area (Å²) >= 11 is 0. The zero-order valence-corrected chi connectivity index (χ0v) is 11.8. The summed E-state index contributed by atoms with van der Waals surface area (Å²) in [4.78, 5) is 2.47. The third kappa shape index (κ3) is 3.06. The Balaban J connectivity index is 1.50. The Morgan fingerprint density at radius 1 is 1.06 bits per heavy atom. The molecule has 1 unspecified atom stereocenters. The average molecular weight is 272 g/mol. The number of nitrogens with one attached hydrogen (secondary N) is 1. The van der Waals surface area contributed by atoms with Crippen molar-refractivity contribution < 1.29 is 8.42 Å². The van der Waals surface area contributed by atoms with Crippen LogP contribution in [0.3, 0.4) is 0 Å². The number of hydrogen-bond acceptors (Lipinski definition) is 3. The second-order valence-electron chi connectivity index (χ2n) is 6.26. The van der Waals surface area contributed by atoms with Crippen molar-refractivity contribution in [3.63, 3.8) is 0 Å². The summed E-state index contributed by atoms with van der Waals surface area (Å²) in [5, 5.41) is -0.0838. The maximum Gasteiger partial charge on any atom is 0.214 e. The molecule has 1 N–H and O–H groups in total. The highest BCUT2D eigenvalue weighted by Crippen LogP contribution is 2.30. The molecular weight excluding hydrogens is 248 g/mol. The Labute approximate surface area is 110 Å². The molecule has 0 bridgehead atoms. The molecule has 1 atom stereocenters. The molecule has 2 aliphatic carbocycles. The van der Waals surface area contributed by atoms with E-state index in [0.717, 1.165) is 44.7 Å². The van der Waals surface area contributed by atoms with Gasteiger partial charge in [-0.25, -0.2) is 13.1 Å². The van der Waals surface area contributed by atoms with Gasteiger partial charge in [0.25, 0.3) is 0 Å². The van der Waals surface area contributed by atoms with Crippen molar-refractivity contribution in [3.8, 4) is 0 Å². The highest BCUT2D eigenvalue weighted by atomic mass is 32.2. The lowest BCUT2D eigenvalue weighted by Gasteiger charge is -2.37. The Kier molecular flexibility index (Phi) is 3.65. The molecule has 5 heteroatoms. The number of likely N-dealkylation sites (tertiary alicyclic amines) is 1. The van der Waals surface area contributed by atoms with E-state index >= 15 is 0 Å². The highest BCUT2D eigenvalue weighted by Gasteiger charge is 2.37. The number of piperidine rings is 1. The maximum absolute atomic E-state index is 11.9. The smallest absolute Gasteiger partial charge is 0.214 e. The van der Waals surface area contributed by atoms with E-state index in [1.165, 1.54) is 25.8 Å². The molecule has 0 aromatic rings.